The minimum atomic E-state index is -0.206. The molecule has 4 rings (SSSR count). The van der Waals surface area contributed by atoms with Crippen molar-refractivity contribution in [3.05, 3.63) is 72.4 Å². The van der Waals surface area contributed by atoms with Gasteiger partial charge in [0.2, 0.25) is 0 Å². The number of rotatable bonds is 2. The van der Waals surface area contributed by atoms with Crippen LogP contribution < -0.4 is 0 Å². The third-order valence-electron chi connectivity index (χ3n) is 3.98. The van der Waals surface area contributed by atoms with Gasteiger partial charge in [0.15, 0.2) is 0 Å². The van der Waals surface area contributed by atoms with Crippen molar-refractivity contribution in [1.29, 1.82) is 0 Å². The van der Waals surface area contributed by atoms with E-state index in [1.54, 1.807) is 25.4 Å². The number of halogens is 1. The molecule has 0 aliphatic heterocycles. The van der Waals surface area contributed by atoms with E-state index in [2.05, 4.69) is 15.0 Å². The van der Waals surface area contributed by atoms with Crippen LogP contribution in [0.4, 0.5) is 4.39 Å². The summed E-state index contributed by atoms with van der Waals surface area (Å²) < 4.78 is 13.6. The number of nitrogens with one attached hydrogen (secondary N) is 1. The maximum Gasteiger partial charge on any atom is 0.137 e. The van der Waals surface area contributed by atoms with Gasteiger partial charge in [-0.3, -0.25) is 4.98 Å². The fraction of sp³-hybridized carbons (Fsp3) is 0.0526. The molecule has 0 bridgehead atoms. The van der Waals surface area contributed by atoms with Crippen LogP contribution in [0.5, 0.6) is 0 Å². The van der Waals surface area contributed by atoms with Crippen molar-refractivity contribution in [2.75, 3.05) is 0 Å². The summed E-state index contributed by atoms with van der Waals surface area (Å²) >= 11 is 0. The zero-order valence-corrected chi connectivity index (χ0v) is 12.5. The lowest BCUT2D eigenvalue weighted by molar-refractivity contribution is 0.619. The Morgan fingerprint density at radius 3 is 2.65 bits per heavy atom. The van der Waals surface area contributed by atoms with Crippen molar-refractivity contribution in [2.24, 2.45) is 0 Å². The molecule has 3 nitrogen and oxygen atoms in total. The van der Waals surface area contributed by atoms with Crippen molar-refractivity contribution >= 4 is 11.0 Å². The summed E-state index contributed by atoms with van der Waals surface area (Å²) in [5.74, 6) is -0.206. The molecule has 0 unspecified atom stereocenters. The quantitative estimate of drug-likeness (QED) is 0.581. The zero-order chi connectivity index (χ0) is 15.8. The van der Waals surface area contributed by atoms with Crippen LogP contribution in [0.3, 0.4) is 0 Å². The maximum absolute atomic E-state index is 13.6. The minimum Gasteiger partial charge on any atom is -0.346 e. The number of H-pyrrole nitrogens is 1. The predicted octanol–water partition coefficient (Wildman–Crippen LogP) is 4.74. The van der Waals surface area contributed by atoms with Crippen LogP contribution >= 0.6 is 0 Å². The molecule has 1 aromatic carbocycles. The summed E-state index contributed by atoms with van der Waals surface area (Å²) in [4.78, 5) is 12.0. The molecule has 4 aromatic rings. The third-order valence-corrected chi connectivity index (χ3v) is 3.98. The first-order valence-electron chi connectivity index (χ1n) is 7.38. The largest absolute Gasteiger partial charge is 0.346 e. The standard InChI is InChI=1S/C19H14FN3/c1-12-10-13(6-7-17(12)20)18-14(4-2-8-21-18)16-11-23-19-15(16)5-3-9-22-19/h2-11H,1H3,(H,22,23). The van der Waals surface area contributed by atoms with Gasteiger partial charge >= 0.3 is 0 Å². The Hall–Kier alpha value is -3.01. The second-order valence-electron chi connectivity index (χ2n) is 5.47. The second-order valence-corrected chi connectivity index (χ2v) is 5.47. The Balaban J connectivity index is 1.95. The van der Waals surface area contributed by atoms with E-state index in [0.29, 0.717) is 5.56 Å². The summed E-state index contributed by atoms with van der Waals surface area (Å²) in [6.45, 7) is 1.76. The molecule has 3 aromatic heterocycles. The lowest BCUT2D eigenvalue weighted by atomic mass is 9.98. The number of aromatic nitrogens is 3. The summed E-state index contributed by atoms with van der Waals surface area (Å²) in [7, 11) is 0. The highest BCUT2D eigenvalue weighted by molar-refractivity contribution is 5.97. The molecule has 1 N–H and O–H groups in total. The normalized spacial score (nSPS) is 11.0. The highest BCUT2D eigenvalue weighted by atomic mass is 19.1. The van der Waals surface area contributed by atoms with E-state index in [4.69, 9.17) is 0 Å². The molecule has 4 heteroatoms. The molecule has 0 saturated heterocycles. The van der Waals surface area contributed by atoms with Crippen LogP contribution in [0.1, 0.15) is 5.56 Å². The SMILES string of the molecule is Cc1cc(-c2ncccc2-c2c[nH]c3ncccc23)ccc1F. The fourth-order valence-electron chi connectivity index (χ4n) is 2.82. The van der Waals surface area contributed by atoms with Gasteiger partial charge in [-0.25, -0.2) is 9.37 Å². The minimum absolute atomic E-state index is 0.206. The smallest absolute Gasteiger partial charge is 0.137 e. The predicted molar refractivity (Wildman–Crippen MR) is 89.5 cm³/mol. The molecule has 23 heavy (non-hydrogen) atoms. The van der Waals surface area contributed by atoms with Crippen molar-refractivity contribution in [2.45, 2.75) is 6.92 Å². The summed E-state index contributed by atoms with van der Waals surface area (Å²) in [5.41, 5.74) is 5.22. The van der Waals surface area contributed by atoms with Gasteiger partial charge in [-0.15, -0.1) is 0 Å². The molecular weight excluding hydrogens is 289 g/mol. The van der Waals surface area contributed by atoms with E-state index < -0.39 is 0 Å². The highest BCUT2D eigenvalue weighted by Crippen LogP contribution is 2.34. The number of hydrogen-bond donors (Lipinski definition) is 1. The summed E-state index contributed by atoms with van der Waals surface area (Å²) in [6, 6.07) is 13.0. The van der Waals surface area contributed by atoms with E-state index in [1.165, 1.54) is 6.07 Å². The van der Waals surface area contributed by atoms with Crippen molar-refractivity contribution < 1.29 is 4.39 Å². The van der Waals surface area contributed by atoms with Gasteiger partial charge in [-0.2, -0.15) is 0 Å². The monoisotopic (exact) mass is 303 g/mol. The van der Waals surface area contributed by atoms with Crippen LogP contribution in [0, 0.1) is 12.7 Å². The van der Waals surface area contributed by atoms with E-state index in [0.717, 1.165) is 33.4 Å². The zero-order valence-electron chi connectivity index (χ0n) is 12.5. The lowest BCUT2D eigenvalue weighted by Crippen LogP contribution is -1.90. The average Bonchev–Trinajstić information content (AvgIpc) is 3.01. The van der Waals surface area contributed by atoms with Gasteiger partial charge in [0.05, 0.1) is 5.69 Å². The lowest BCUT2D eigenvalue weighted by Gasteiger charge is -2.09. The Morgan fingerprint density at radius 1 is 0.957 bits per heavy atom. The maximum atomic E-state index is 13.6. The average molecular weight is 303 g/mol. The van der Waals surface area contributed by atoms with E-state index in [1.807, 2.05) is 36.5 Å². The number of benzene rings is 1. The van der Waals surface area contributed by atoms with Crippen molar-refractivity contribution in [3.8, 4) is 22.4 Å². The van der Waals surface area contributed by atoms with Crippen LogP contribution in [0.2, 0.25) is 0 Å². The molecule has 0 amide bonds. The Morgan fingerprint density at radius 2 is 1.78 bits per heavy atom. The highest BCUT2D eigenvalue weighted by Gasteiger charge is 2.13. The topological polar surface area (TPSA) is 41.6 Å². The third kappa shape index (κ3) is 2.28. The Kier molecular flexibility index (Phi) is 3.15. The van der Waals surface area contributed by atoms with E-state index in [-0.39, 0.29) is 5.82 Å². The first kappa shape index (κ1) is 13.6. The van der Waals surface area contributed by atoms with E-state index in [9.17, 15) is 4.39 Å². The van der Waals surface area contributed by atoms with Crippen molar-refractivity contribution in [1.82, 2.24) is 15.0 Å². The molecule has 112 valence electrons. The molecule has 0 saturated carbocycles. The Labute approximate surface area is 132 Å². The van der Waals surface area contributed by atoms with Gasteiger partial charge < -0.3 is 4.98 Å². The van der Waals surface area contributed by atoms with Gasteiger partial charge in [-0.1, -0.05) is 6.07 Å². The molecule has 0 radical (unpaired) electrons. The molecule has 0 atom stereocenters. The Bertz CT molecular complexity index is 1000. The summed E-state index contributed by atoms with van der Waals surface area (Å²) in [5, 5.41) is 1.04. The number of fused-ring (bicyclic) bond motifs is 1. The van der Waals surface area contributed by atoms with Gasteiger partial charge in [0.25, 0.3) is 0 Å². The van der Waals surface area contributed by atoms with E-state index >= 15 is 0 Å². The first-order valence-corrected chi connectivity index (χ1v) is 7.38. The first-order chi connectivity index (χ1) is 11.2. The van der Waals surface area contributed by atoms with Crippen LogP contribution in [-0.4, -0.2) is 15.0 Å². The van der Waals surface area contributed by atoms with Crippen LogP contribution in [-0.2, 0) is 0 Å². The van der Waals surface area contributed by atoms with Gasteiger partial charge in [0.1, 0.15) is 11.5 Å². The number of hydrogen-bond acceptors (Lipinski definition) is 2. The molecule has 0 fully saturated rings. The second kappa shape index (κ2) is 5.32. The molecule has 0 aliphatic rings. The van der Waals surface area contributed by atoms with Crippen molar-refractivity contribution in [3.63, 3.8) is 0 Å². The molecule has 0 aliphatic carbocycles. The van der Waals surface area contributed by atoms with Gasteiger partial charge in [0, 0.05) is 40.7 Å². The molecular formula is C19H14FN3. The number of aryl methyl sites for hydroxylation is 1. The van der Waals surface area contributed by atoms with Crippen LogP contribution in [0.25, 0.3) is 33.4 Å². The summed E-state index contributed by atoms with van der Waals surface area (Å²) in [6.07, 6.45) is 5.45. The number of pyridine rings is 2. The number of aromatic amines is 1. The van der Waals surface area contributed by atoms with Crippen LogP contribution in [0.15, 0.2) is 61.1 Å². The molecule has 0 spiro atoms. The van der Waals surface area contributed by atoms with Gasteiger partial charge in [-0.05, 0) is 48.9 Å². The molecule has 3 heterocycles. The number of nitrogens with zero attached hydrogens (tertiary/aromatic N) is 2. The fourth-order valence-corrected chi connectivity index (χ4v) is 2.82.